The maximum atomic E-state index is 12.7. The largest absolute Gasteiger partial charge is 0.376 e. The molecule has 0 spiro atoms. The summed E-state index contributed by atoms with van der Waals surface area (Å²) in [6, 6.07) is 5.21. The zero-order valence-electron chi connectivity index (χ0n) is 15.4. The maximum absolute atomic E-state index is 12.7. The molecule has 0 aromatic carbocycles. The van der Waals surface area contributed by atoms with Crippen LogP contribution in [-0.2, 0) is 0 Å². The maximum Gasteiger partial charge on any atom is 0.376 e. The minimum Gasteiger partial charge on any atom is -0.361 e. The first kappa shape index (κ1) is 16.7. The van der Waals surface area contributed by atoms with Crippen molar-refractivity contribution < 1.29 is 4.92 Å². The fourth-order valence-electron chi connectivity index (χ4n) is 6.41. The van der Waals surface area contributed by atoms with Crippen LogP contribution in [0.4, 0.5) is 11.5 Å². The van der Waals surface area contributed by atoms with E-state index in [1.54, 1.807) is 18.2 Å². The van der Waals surface area contributed by atoms with E-state index in [4.69, 9.17) is 0 Å². The predicted molar refractivity (Wildman–Crippen MR) is 102 cm³/mol. The van der Waals surface area contributed by atoms with E-state index in [-0.39, 0.29) is 17.3 Å². The van der Waals surface area contributed by atoms with Crippen LogP contribution in [0.25, 0.3) is 5.65 Å². The van der Waals surface area contributed by atoms with Crippen LogP contribution < -0.4 is 10.9 Å². The number of fused-ring (bicyclic) bond motifs is 1. The van der Waals surface area contributed by atoms with Crippen LogP contribution >= 0.6 is 0 Å². The highest BCUT2D eigenvalue weighted by Gasteiger charge is 2.53. The van der Waals surface area contributed by atoms with Gasteiger partial charge in [0.05, 0.1) is 4.92 Å². The van der Waals surface area contributed by atoms with E-state index in [0.29, 0.717) is 5.65 Å². The molecule has 1 atom stereocenters. The zero-order chi connectivity index (χ0) is 18.8. The van der Waals surface area contributed by atoms with Crippen LogP contribution in [0.15, 0.2) is 29.2 Å². The van der Waals surface area contributed by atoms with Gasteiger partial charge in [-0.1, -0.05) is 6.07 Å². The van der Waals surface area contributed by atoms with Crippen molar-refractivity contribution in [2.75, 3.05) is 5.32 Å². The molecule has 2 aromatic rings. The second kappa shape index (κ2) is 5.78. The van der Waals surface area contributed by atoms with Crippen molar-refractivity contribution in [2.45, 2.75) is 51.5 Å². The van der Waals surface area contributed by atoms with E-state index >= 15 is 0 Å². The summed E-state index contributed by atoms with van der Waals surface area (Å²) in [4.78, 5) is 28.1. The lowest BCUT2D eigenvalue weighted by molar-refractivity contribution is -0.385. The fourth-order valence-corrected chi connectivity index (χ4v) is 6.41. The smallest absolute Gasteiger partial charge is 0.361 e. The van der Waals surface area contributed by atoms with Crippen LogP contribution in [0.1, 0.15) is 45.4 Å². The first-order chi connectivity index (χ1) is 12.9. The molecule has 4 aliphatic carbocycles. The Labute approximate surface area is 157 Å². The molecule has 4 aliphatic rings. The molecular formula is C20H24N4O3. The molecule has 2 heterocycles. The van der Waals surface area contributed by atoms with Crippen LogP contribution in [-0.4, -0.2) is 20.3 Å². The van der Waals surface area contributed by atoms with Gasteiger partial charge in [0.2, 0.25) is 5.82 Å². The summed E-state index contributed by atoms with van der Waals surface area (Å²) in [7, 11) is 0. The number of aromatic nitrogens is 2. The van der Waals surface area contributed by atoms with Gasteiger partial charge in [-0.15, -0.1) is 0 Å². The first-order valence-corrected chi connectivity index (χ1v) is 9.87. The van der Waals surface area contributed by atoms with Crippen molar-refractivity contribution in [3.8, 4) is 0 Å². The van der Waals surface area contributed by atoms with Gasteiger partial charge < -0.3 is 5.32 Å². The molecule has 4 fully saturated rings. The zero-order valence-corrected chi connectivity index (χ0v) is 15.4. The first-order valence-electron chi connectivity index (χ1n) is 9.87. The van der Waals surface area contributed by atoms with E-state index in [2.05, 4.69) is 17.2 Å². The average molecular weight is 368 g/mol. The molecule has 2 aromatic heterocycles. The van der Waals surface area contributed by atoms with Crippen LogP contribution in [0.5, 0.6) is 0 Å². The fraction of sp³-hybridized carbons (Fsp3) is 0.600. The summed E-state index contributed by atoms with van der Waals surface area (Å²) in [6.45, 7) is 2.12. The average Bonchev–Trinajstić information content (AvgIpc) is 2.60. The molecule has 7 nitrogen and oxygen atoms in total. The van der Waals surface area contributed by atoms with Crippen molar-refractivity contribution in [1.29, 1.82) is 0 Å². The SMILES string of the molecule is C[C@@H](Nc1nc2ccccn2c(=O)c1[N+](=O)[O-])C12CC3CC(CC(C3)C1)C2. The molecule has 0 radical (unpaired) electrons. The second-order valence-corrected chi connectivity index (χ2v) is 8.95. The van der Waals surface area contributed by atoms with Crippen molar-refractivity contribution in [3.05, 3.63) is 44.9 Å². The van der Waals surface area contributed by atoms with E-state index < -0.39 is 16.2 Å². The summed E-state index contributed by atoms with van der Waals surface area (Å²) < 4.78 is 1.23. The summed E-state index contributed by atoms with van der Waals surface area (Å²) in [6.07, 6.45) is 9.13. The molecule has 1 N–H and O–H groups in total. The summed E-state index contributed by atoms with van der Waals surface area (Å²) in [5, 5.41) is 14.9. The van der Waals surface area contributed by atoms with Crippen LogP contribution in [0.2, 0.25) is 0 Å². The Hall–Kier alpha value is -2.44. The third kappa shape index (κ3) is 2.55. The molecule has 4 bridgehead atoms. The Bertz CT molecular complexity index is 948. The van der Waals surface area contributed by atoms with E-state index in [9.17, 15) is 14.9 Å². The molecule has 142 valence electrons. The monoisotopic (exact) mass is 368 g/mol. The molecule has 7 heteroatoms. The highest BCUT2D eigenvalue weighted by molar-refractivity contribution is 5.60. The van der Waals surface area contributed by atoms with Gasteiger partial charge in [-0.3, -0.25) is 19.3 Å². The lowest BCUT2D eigenvalue weighted by Gasteiger charge is -2.59. The lowest BCUT2D eigenvalue weighted by atomic mass is 9.48. The molecule has 4 saturated carbocycles. The lowest BCUT2D eigenvalue weighted by Crippen LogP contribution is -2.53. The van der Waals surface area contributed by atoms with Gasteiger partial charge in [0.15, 0.2) is 0 Å². The van der Waals surface area contributed by atoms with Gasteiger partial charge in [0.1, 0.15) is 5.65 Å². The topological polar surface area (TPSA) is 89.5 Å². The van der Waals surface area contributed by atoms with Gasteiger partial charge in [0, 0.05) is 12.2 Å². The van der Waals surface area contributed by atoms with Gasteiger partial charge in [-0.05, 0) is 80.8 Å². The van der Waals surface area contributed by atoms with Crippen molar-refractivity contribution in [3.63, 3.8) is 0 Å². The van der Waals surface area contributed by atoms with Gasteiger partial charge in [-0.2, -0.15) is 0 Å². The quantitative estimate of drug-likeness (QED) is 0.658. The van der Waals surface area contributed by atoms with E-state index in [1.165, 1.54) is 49.1 Å². The Morgan fingerprint density at radius 3 is 2.44 bits per heavy atom. The molecule has 27 heavy (non-hydrogen) atoms. The number of nitrogens with zero attached hydrogens (tertiary/aromatic N) is 3. The molecule has 0 aliphatic heterocycles. The Kier molecular flexibility index (Phi) is 3.58. The molecule has 0 amide bonds. The number of hydrogen-bond donors (Lipinski definition) is 1. The normalized spacial score (nSPS) is 32.6. The third-order valence-electron chi connectivity index (χ3n) is 7.25. The van der Waals surface area contributed by atoms with Crippen molar-refractivity contribution in [2.24, 2.45) is 23.2 Å². The Balaban J connectivity index is 1.54. The van der Waals surface area contributed by atoms with Crippen molar-refractivity contribution >= 4 is 17.2 Å². The van der Waals surface area contributed by atoms with Gasteiger partial charge in [-0.25, -0.2) is 4.98 Å². The minimum absolute atomic E-state index is 0.0580. The number of hydrogen-bond acceptors (Lipinski definition) is 5. The standard InChI is InChI=1S/C20H24N4O3/c1-12(20-9-13-6-14(10-20)8-15(7-13)11-20)21-18-17(24(26)27)19(25)23-5-3-2-4-16(23)22-18/h2-5,12-15,21H,6-11H2,1H3/t12-,13?,14?,15?,20?/m1/s1. The van der Waals surface area contributed by atoms with Crippen molar-refractivity contribution in [1.82, 2.24) is 9.38 Å². The summed E-state index contributed by atoms with van der Waals surface area (Å²) in [5.74, 6) is 2.50. The van der Waals surface area contributed by atoms with E-state index in [1.807, 2.05) is 0 Å². The number of nitro groups is 1. The van der Waals surface area contributed by atoms with Gasteiger partial charge in [0.25, 0.3) is 0 Å². The summed E-state index contributed by atoms with van der Waals surface area (Å²) >= 11 is 0. The highest BCUT2D eigenvalue weighted by atomic mass is 16.6. The number of pyridine rings is 1. The third-order valence-corrected chi connectivity index (χ3v) is 7.25. The molecular weight excluding hydrogens is 344 g/mol. The van der Waals surface area contributed by atoms with Gasteiger partial charge >= 0.3 is 11.2 Å². The molecule has 0 unspecified atom stereocenters. The summed E-state index contributed by atoms with van der Waals surface area (Å²) in [5.41, 5.74) is -0.499. The van der Waals surface area contributed by atoms with E-state index in [0.717, 1.165) is 17.8 Å². The molecule has 0 saturated heterocycles. The second-order valence-electron chi connectivity index (χ2n) is 8.95. The number of anilines is 1. The Morgan fingerprint density at radius 1 is 1.22 bits per heavy atom. The highest BCUT2D eigenvalue weighted by Crippen LogP contribution is 2.61. The van der Waals surface area contributed by atoms with Crippen LogP contribution in [0, 0.1) is 33.3 Å². The molecule has 6 rings (SSSR count). The minimum atomic E-state index is -0.634. The number of nitrogens with one attached hydrogen (secondary N) is 1. The Morgan fingerprint density at radius 2 is 1.85 bits per heavy atom. The van der Waals surface area contributed by atoms with Crippen LogP contribution in [0.3, 0.4) is 0 Å². The predicted octanol–water partition coefficient (Wildman–Crippen LogP) is 3.62. The number of rotatable bonds is 4.